The van der Waals surface area contributed by atoms with E-state index >= 15 is 0 Å². The van der Waals surface area contributed by atoms with E-state index in [1.165, 1.54) is 5.56 Å². The first-order chi connectivity index (χ1) is 11.3. The molecule has 5 rings (SSSR count). The molecule has 1 saturated carbocycles. The smallest absolute Gasteiger partial charge is 0.174 e. The Balaban J connectivity index is 0.00000157. The fraction of sp³-hybridized carbons (Fsp3) is 0.632. The molecule has 2 fully saturated rings. The van der Waals surface area contributed by atoms with Gasteiger partial charge in [-0.3, -0.25) is 4.79 Å². The zero-order valence-corrected chi connectivity index (χ0v) is 17.0. The van der Waals surface area contributed by atoms with Crippen LogP contribution in [0, 0.1) is 0 Å². The van der Waals surface area contributed by atoms with Gasteiger partial charge in [-0.15, -0.1) is 0 Å². The molecule has 1 aromatic carbocycles. The topological polar surface area (TPSA) is 55.8 Å². The van der Waals surface area contributed by atoms with Crippen molar-refractivity contribution in [3.05, 3.63) is 23.3 Å². The molecule has 2 bridgehead atoms. The summed E-state index contributed by atoms with van der Waals surface area (Å²) in [4.78, 5) is 12.7. The third-order valence-electron chi connectivity index (χ3n) is 7.27. The monoisotopic (exact) mass is 457 g/mol. The first-order valence-corrected chi connectivity index (χ1v) is 8.80. The van der Waals surface area contributed by atoms with Gasteiger partial charge >= 0.3 is 0 Å². The number of Topliss-reactive ketones (excluding diaryl/α,β-unsaturated/α-hetero) is 1. The van der Waals surface area contributed by atoms with Crippen molar-refractivity contribution in [3.63, 3.8) is 0 Å². The van der Waals surface area contributed by atoms with Gasteiger partial charge in [0.25, 0.3) is 0 Å². The molecule has 1 aromatic rings. The van der Waals surface area contributed by atoms with Crippen molar-refractivity contribution in [1.82, 2.24) is 0 Å². The van der Waals surface area contributed by atoms with Crippen LogP contribution in [0.1, 0.15) is 30.4 Å². The number of ether oxygens (including phenoxy) is 2. The maximum atomic E-state index is 12.7. The third kappa shape index (κ3) is 1.78. The number of quaternary nitrogens is 1. The van der Waals surface area contributed by atoms with Crippen molar-refractivity contribution in [2.45, 2.75) is 48.8 Å². The standard InChI is InChI=1S/C19H24NO4.HI/c1-20(2)9-8-18-15-11-4-5-13(23-3)16(15)24-17(18)12(21)6-7-19(18,22)14(20)10-11;/h4-5,14,17,22H,6-10H2,1-3H3;1H/q+1;/p-1/t14-,17+,18+,19-;/m1./s1. The predicted molar refractivity (Wildman–Crippen MR) is 87.4 cm³/mol. The minimum Gasteiger partial charge on any atom is -1.00 e. The van der Waals surface area contributed by atoms with E-state index in [4.69, 9.17) is 9.47 Å². The summed E-state index contributed by atoms with van der Waals surface area (Å²) in [5, 5.41) is 11.9. The fourth-order valence-electron chi connectivity index (χ4n) is 6.10. The van der Waals surface area contributed by atoms with Crippen LogP contribution in [0.5, 0.6) is 11.5 Å². The average Bonchev–Trinajstić information content (AvgIpc) is 2.90. The largest absolute Gasteiger partial charge is 1.00 e. The SMILES string of the molecule is COc1ccc2c3c1O[C@H]1C(=O)CC[C@@]4(O)[C@@H](C2)[N+](C)(C)CC[C@]314.[I-]. The third-order valence-corrected chi connectivity index (χ3v) is 7.27. The maximum Gasteiger partial charge on any atom is 0.174 e. The van der Waals surface area contributed by atoms with Crippen LogP contribution in [0.15, 0.2) is 12.1 Å². The molecular formula is C19H24INO4. The number of ketones is 1. The van der Waals surface area contributed by atoms with Gasteiger partial charge < -0.3 is 43.0 Å². The highest BCUT2D eigenvalue weighted by atomic mass is 127. The van der Waals surface area contributed by atoms with Gasteiger partial charge in [0.1, 0.15) is 11.6 Å². The van der Waals surface area contributed by atoms with Gasteiger partial charge in [-0.25, -0.2) is 0 Å². The highest BCUT2D eigenvalue weighted by Gasteiger charge is 2.76. The number of halogens is 1. The average molecular weight is 457 g/mol. The summed E-state index contributed by atoms with van der Waals surface area (Å²) < 4.78 is 12.5. The van der Waals surface area contributed by atoms with Crippen LogP contribution in [-0.2, 0) is 16.6 Å². The minimum atomic E-state index is -0.891. The molecule has 1 saturated heterocycles. The summed E-state index contributed by atoms with van der Waals surface area (Å²) in [6, 6.07) is 4.13. The number of likely N-dealkylation sites (N-methyl/N-ethyl adjacent to an activating group) is 1. The maximum absolute atomic E-state index is 12.7. The Morgan fingerprint density at radius 2 is 2.08 bits per heavy atom. The molecule has 25 heavy (non-hydrogen) atoms. The normalized spacial score (nSPS) is 39.1. The van der Waals surface area contributed by atoms with Crippen LogP contribution in [0.4, 0.5) is 0 Å². The van der Waals surface area contributed by atoms with Crippen LogP contribution < -0.4 is 33.5 Å². The number of hydrogen-bond donors (Lipinski definition) is 1. The van der Waals surface area contributed by atoms with Gasteiger partial charge in [-0.05, 0) is 18.1 Å². The fourth-order valence-corrected chi connectivity index (χ4v) is 6.10. The number of hydrogen-bond acceptors (Lipinski definition) is 4. The van der Waals surface area contributed by atoms with Crippen LogP contribution in [0.3, 0.4) is 0 Å². The highest BCUT2D eigenvalue weighted by molar-refractivity contribution is 5.90. The lowest BCUT2D eigenvalue weighted by molar-refractivity contribution is -0.931. The van der Waals surface area contributed by atoms with Crippen LogP contribution in [-0.4, -0.2) is 60.9 Å². The van der Waals surface area contributed by atoms with E-state index < -0.39 is 17.1 Å². The van der Waals surface area contributed by atoms with Crippen LogP contribution in [0.2, 0.25) is 0 Å². The van der Waals surface area contributed by atoms with Gasteiger partial charge in [-0.1, -0.05) is 6.07 Å². The van der Waals surface area contributed by atoms with Crippen LogP contribution in [0.25, 0.3) is 0 Å². The molecule has 5 nitrogen and oxygen atoms in total. The lowest BCUT2D eigenvalue weighted by Crippen LogP contribution is -3.00. The number of aliphatic hydroxyl groups is 1. The first-order valence-electron chi connectivity index (χ1n) is 8.80. The van der Waals surface area contributed by atoms with Gasteiger partial charge in [-0.2, -0.15) is 0 Å². The van der Waals surface area contributed by atoms with E-state index in [9.17, 15) is 9.90 Å². The van der Waals surface area contributed by atoms with Crippen molar-refractivity contribution >= 4 is 5.78 Å². The van der Waals surface area contributed by atoms with E-state index in [-0.39, 0.29) is 35.8 Å². The Kier molecular flexibility index (Phi) is 3.58. The number of carbonyl (C=O) groups excluding carboxylic acids is 1. The van der Waals surface area contributed by atoms with Crippen molar-refractivity contribution in [2.75, 3.05) is 27.7 Å². The Morgan fingerprint density at radius 3 is 2.80 bits per heavy atom. The molecule has 4 aliphatic rings. The lowest BCUT2D eigenvalue weighted by Gasteiger charge is -2.63. The molecular weight excluding hydrogens is 433 g/mol. The molecule has 0 amide bonds. The molecule has 6 heteroatoms. The van der Waals surface area contributed by atoms with Gasteiger partial charge in [0.05, 0.1) is 33.2 Å². The van der Waals surface area contributed by atoms with Gasteiger partial charge in [0, 0.05) is 24.8 Å². The predicted octanol–water partition coefficient (Wildman–Crippen LogP) is -1.80. The molecule has 2 aliphatic carbocycles. The summed E-state index contributed by atoms with van der Waals surface area (Å²) in [7, 11) is 6.03. The molecule has 2 aliphatic heterocycles. The Morgan fingerprint density at radius 1 is 1.32 bits per heavy atom. The summed E-state index contributed by atoms with van der Waals surface area (Å²) in [5.41, 5.74) is 0.776. The van der Waals surface area contributed by atoms with E-state index in [2.05, 4.69) is 20.2 Å². The number of likely N-dealkylation sites (tertiary alicyclic amines) is 1. The summed E-state index contributed by atoms with van der Waals surface area (Å²) in [6.45, 7) is 0.941. The van der Waals surface area contributed by atoms with Crippen molar-refractivity contribution in [3.8, 4) is 11.5 Å². The van der Waals surface area contributed by atoms with E-state index in [1.54, 1.807) is 7.11 Å². The second-order valence-electron chi connectivity index (χ2n) is 8.46. The molecule has 4 atom stereocenters. The molecule has 2 heterocycles. The summed E-state index contributed by atoms with van der Waals surface area (Å²) in [6.07, 6.45) is 1.96. The second kappa shape index (κ2) is 5.10. The number of benzene rings is 1. The minimum absolute atomic E-state index is 0. The molecule has 0 unspecified atom stereocenters. The lowest BCUT2D eigenvalue weighted by atomic mass is 9.48. The zero-order chi connectivity index (χ0) is 16.9. The molecule has 0 aromatic heterocycles. The van der Waals surface area contributed by atoms with Crippen LogP contribution >= 0.6 is 0 Å². The van der Waals surface area contributed by atoms with E-state index in [0.717, 1.165) is 29.4 Å². The van der Waals surface area contributed by atoms with Gasteiger partial charge in [0.15, 0.2) is 23.4 Å². The van der Waals surface area contributed by atoms with Crippen molar-refractivity contribution < 1.29 is 47.8 Å². The number of piperidine rings is 1. The summed E-state index contributed by atoms with van der Waals surface area (Å²) >= 11 is 0. The second-order valence-corrected chi connectivity index (χ2v) is 8.46. The molecule has 1 N–H and O–H groups in total. The number of rotatable bonds is 1. The van der Waals surface area contributed by atoms with E-state index in [0.29, 0.717) is 24.3 Å². The first kappa shape index (κ1) is 17.5. The Bertz CT molecular complexity index is 779. The van der Waals surface area contributed by atoms with E-state index in [1.807, 2.05) is 6.07 Å². The van der Waals surface area contributed by atoms with Crippen molar-refractivity contribution in [1.29, 1.82) is 0 Å². The summed E-state index contributed by atoms with van der Waals surface area (Å²) in [5.74, 6) is 1.49. The number of carbonyl (C=O) groups is 1. The zero-order valence-electron chi connectivity index (χ0n) is 14.8. The highest BCUT2D eigenvalue weighted by Crippen LogP contribution is 2.65. The molecule has 1 spiro atoms. The number of nitrogens with zero attached hydrogens (tertiary/aromatic N) is 1. The molecule has 0 radical (unpaired) electrons. The molecule has 136 valence electrons. The van der Waals surface area contributed by atoms with Crippen molar-refractivity contribution in [2.24, 2.45) is 0 Å². The Labute approximate surface area is 164 Å². The van der Waals surface area contributed by atoms with Gasteiger partial charge in [0.2, 0.25) is 0 Å². The number of methoxy groups -OCH3 is 1. The Hall–Kier alpha value is -0.860. The quantitative estimate of drug-likeness (QED) is 0.400.